The molecule has 0 unspecified atom stereocenters. The molecule has 0 fully saturated rings. The van der Waals surface area contributed by atoms with E-state index in [1.807, 2.05) is 121 Å². The van der Waals surface area contributed by atoms with Crippen LogP contribution in [0.15, 0.2) is 138 Å². The molecule has 7 heteroatoms. The van der Waals surface area contributed by atoms with Crippen LogP contribution < -0.4 is 19.9 Å². The molecule has 5 aromatic carbocycles. The second kappa shape index (κ2) is 14.3. The average molecular weight is 598 g/mol. The van der Waals surface area contributed by atoms with Gasteiger partial charge in [0.15, 0.2) is 0 Å². The van der Waals surface area contributed by atoms with Crippen LogP contribution in [0.5, 0.6) is 28.7 Å². The van der Waals surface area contributed by atoms with Gasteiger partial charge in [-0.15, -0.1) is 0 Å². The fraction of sp³-hybridized carbons (Fsp3) is 0.158. The van der Waals surface area contributed by atoms with Crippen molar-refractivity contribution in [1.29, 1.82) is 0 Å². The zero-order chi connectivity index (χ0) is 30.8. The molecule has 0 aliphatic rings. The maximum Gasteiger partial charge on any atom is 0.345 e. The summed E-state index contributed by atoms with van der Waals surface area (Å²) in [4.78, 5) is 12.9. The third-order valence-corrected chi connectivity index (χ3v) is 7.41. The van der Waals surface area contributed by atoms with E-state index in [4.69, 9.17) is 14.2 Å². The third kappa shape index (κ3) is 8.09. The van der Waals surface area contributed by atoms with Crippen molar-refractivity contribution in [3.8, 4) is 28.7 Å². The Hall–Kier alpha value is -5.56. The van der Waals surface area contributed by atoms with Crippen LogP contribution in [0.2, 0.25) is 0 Å². The first kappa shape index (κ1) is 29.5. The van der Waals surface area contributed by atoms with Crippen LogP contribution in [0.4, 0.5) is 0 Å². The van der Waals surface area contributed by atoms with E-state index in [0.29, 0.717) is 19.6 Å². The van der Waals surface area contributed by atoms with Gasteiger partial charge in [0, 0.05) is 13.5 Å². The van der Waals surface area contributed by atoms with E-state index >= 15 is 0 Å². The standard InChI is InChI=1S/C38H35N3O4/c1-40-37(39-41(38(40)42)27-30-12-8-18-35(25-30)44-33-14-4-2-5-15-33)20-10-11-29-21-23-32(24-22-29)43-28-31-13-9-19-36(26-31)45-34-16-6-3-7-17-34/h2-9,12-19,21-26H,10-11,20,27-28H2,1H3. The predicted molar refractivity (Wildman–Crippen MR) is 175 cm³/mol. The van der Waals surface area contributed by atoms with Crippen LogP contribution in [0.1, 0.15) is 28.9 Å². The van der Waals surface area contributed by atoms with Gasteiger partial charge in [0.25, 0.3) is 0 Å². The maximum atomic E-state index is 12.9. The van der Waals surface area contributed by atoms with Crippen LogP contribution in [-0.2, 0) is 33.0 Å². The molecule has 45 heavy (non-hydrogen) atoms. The fourth-order valence-corrected chi connectivity index (χ4v) is 5.05. The predicted octanol–water partition coefficient (Wildman–Crippen LogP) is 7.97. The van der Waals surface area contributed by atoms with Crippen molar-refractivity contribution in [3.63, 3.8) is 0 Å². The van der Waals surface area contributed by atoms with E-state index in [2.05, 4.69) is 17.2 Å². The van der Waals surface area contributed by atoms with Gasteiger partial charge in [0.1, 0.15) is 41.2 Å². The Bertz CT molecular complexity index is 1880. The highest BCUT2D eigenvalue weighted by atomic mass is 16.5. The van der Waals surface area contributed by atoms with Gasteiger partial charge in [-0.05, 0) is 90.2 Å². The summed E-state index contributed by atoms with van der Waals surface area (Å²) in [5.74, 6) is 4.66. The van der Waals surface area contributed by atoms with E-state index in [9.17, 15) is 4.79 Å². The van der Waals surface area contributed by atoms with Crippen molar-refractivity contribution < 1.29 is 14.2 Å². The molecule has 1 aromatic heterocycles. The largest absolute Gasteiger partial charge is 0.489 e. The van der Waals surface area contributed by atoms with Crippen molar-refractivity contribution >= 4 is 0 Å². The summed E-state index contributed by atoms with van der Waals surface area (Å²) in [6.07, 6.45) is 2.45. The molecule has 6 aromatic rings. The number of hydrogen-bond donors (Lipinski definition) is 0. The van der Waals surface area contributed by atoms with Gasteiger partial charge in [-0.3, -0.25) is 4.57 Å². The van der Waals surface area contributed by atoms with Gasteiger partial charge in [0.2, 0.25) is 0 Å². The van der Waals surface area contributed by atoms with Crippen molar-refractivity contribution in [2.24, 2.45) is 7.05 Å². The molecule has 1 heterocycles. The normalized spacial score (nSPS) is 10.9. The van der Waals surface area contributed by atoms with Gasteiger partial charge in [-0.2, -0.15) is 5.10 Å². The fourth-order valence-electron chi connectivity index (χ4n) is 5.05. The van der Waals surface area contributed by atoms with Gasteiger partial charge >= 0.3 is 5.69 Å². The molecule has 0 N–H and O–H groups in total. The highest BCUT2D eigenvalue weighted by molar-refractivity contribution is 5.35. The minimum absolute atomic E-state index is 0.127. The van der Waals surface area contributed by atoms with Crippen LogP contribution >= 0.6 is 0 Å². The summed E-state index contributed by atoms with van der Waals surface area (Å²) >= 11 is 0. The second-order valence-corrected chi connectivity index (χ2v) is 10.8. The van der Waals surface area contributed by atoms with Crippen molar-refractivity contribution in [2.45, 2.75) is 32.4 Å². The zero-order valence-corrected chi connectivity index (χ0v) is 25.2. The Morgan fingerprint density at radius 2 is 1.16 bits per heavy atom. The van der Waals surface area contributed by atoms with E-state index in [1.165, 1.54) is 10.2 Å². The highest BCUT2D eigenvalue weighted by Gasteiger charge is 2.11. The first-order valence-electron chi connectivity index (χ1n) is 15.1. The van der Waals surface area contributed by atoms with Gasteiger partial charge in [0.05, 0.1) is 6.54 Å². The molecule has 0 atom stereocenters. The van der Waals surface area contributed by atoms with Crippen LogP contribution in [-0.4, -0.2) is 14.3 Å². The lowest BCUT2D eigenvalue weighted by Crippen LogP contribution is -2.23. The lowest BCUT2D eigenvalue weighted by Gasteiger charge is -2.10. The summed E-state index contributed by atoms with van der Waals surface area (Å²) in [7, 11) is 1.78. The van der Waals surface area contributed by atoms with Crippen molar-refractivity contribution in [1.82, 2.24) is 14.3 Å². The number of nitrogens with zero attached hydrogens (tertiary/aromatic N) is 3. The molecule has 226 valence electrons. The molecule has 0 saturated carbocycles. The van der Waals surface area contributed by atoms with Crippen LogP contribution in [0.25, 0.3) is 0 Å². The van der Waals surface area contributed by atoms with Crippen molar-refractivity contribution in [3.05, 3.63) is 166 Å². The van der Waals surface area contributed by atoms with E-state index in [1.54, 1.807) is 11.6 Å². The number of aromatic nitrogens is 3. The molecular weight excluding hydrogens is 562 g/mol. The molecule has 0 saturated heterocycles. The van der Waals surface area contributed by atoms with Crippen LogP contribution in [0, 0.1) is 0 Å². The number of ether oxygens (including phenoxy) is 3. The molecule has 6 rings (SSSR count). The van der Waals surface area contributed by atoms with E-state index in [0.717, 1.165) is 58.5 Å². The summed E-state index contributed by atoms with van der Waals surface area (Å²) in [5, 5.41) is 4.64. The quantitative estimate of drug-likeness (QED) is 0.135. The molecule has 7 nitrogen and oxygen atoms in total. The smallest absolute Gasteiger partial charge is 0.345 e. The minimum atomic E-state index is -0.127. The first-order valence-corrected chi connectivity index (χ1v) is 15.1. The van der Waals surface area contributed by atoms with Crippen LogP contribution in [0.3, 0.4) is 0 Å². The molecule has 0 aliphatic carbocycles. The first-order chi connectivity index (χ1) is 22.1. The summed E-state index contributed by atoms with van der Waals surface area (Å²) < 4.78 is 21.1. The molecule has 0 aliphatic heterocycles. The molecule has 0 spiro atoms. The average Bonchev–Trinajstić information content (AvgIpc) is 3.33. The Balaban J connectivity index is 0.988. The molecular formula is C38H35N3O4. The monoisotopic (exact) mass is 597 g/mol. The lowest BCUT2D eigenvalue weighted by atomic mass is 10.1. The SMILES string of the molecule is Cn1c(CCCc2ccc(OCc3cccc(Oc4ccccc4)c3)cc2)nn(Cc2cccc(Oc3ccccc3)c2)c1=O. The third-order valence-electron chi connectivity index (χ3n) is 7.41. The second-order valence-electron chi connectivity index (χ2n) is 10.8. The lowest BCUT2D eigenvalue weighted by molar-refractivity contribution is 0.305. The summed E-state index contributed by atoms with van der Waals surface area (Å²) in [6.45, 7) is 0.830. The number of para-hydroxylation sites is 2. The van der Waals surface area contributed by atoms with E-state index < -0.39 is 0 Å². The highest BCUT2D eigenvalue weighted by Crippen LogP contribution is 2.24. The number of hydrogen-bond acceptors (Lipinski definition) is 5. The molecule has 0 amide bonds. The summed E-state index contributed by atoms with van der Waals surface area (Å²) in [6, 6.07) is 43.2. The zero-order valence-electron chi connectivity index (χ0n) is 25.2. The number of rotatable bonds is 13. The summed E-state index contributed by atoms with van der Waals surface area (Å²) in [5.41, 5.74) is 3.06. The maximum absolute atomic E-state index is 12.9. The number of benzene rings is 5. The Morgan fingerprint density at radius 3 is 1.80 bits per heavy atom. The van der Waals surface area contributed by atoms with E-state index in [-0.39, 0.29) is 5.69 Å². The molecule has 0 radical (unpaired) electrons. The number of aryl methyl sites for hydroxylation is 2. The Kier molecular flexibility index (Phi) is 9.36. The van der Waals surface area contributed by atoms with Gasteiger partial charge in [-0.25, -0.2) is 9.48 Å². The Morgan fingerprint density at radius 1 is 0.578 bits per heavy atom. The van der Waals surface area contributed by atoms with Gasteiger partial charge in [-0.1, -0.05) is 72.8 Å². The topological polar surface area (TPSA) is 67.5 Å². The van der Waals surface area contributed by atoms with Crippen molar-refractivity contribution in [2.75, 3.05) is 0 Å². The van der Waals surface area contributed by atoms with Gasteiger partial charge < -0.3 is 14.2 Å². The minimum Gasteiger partial charge on any atom is -0.489 e. The Labute approximate surface area is 262 Å². The molecule has 0 bridgehead atoms.